The first kappa shape index (κ1) is 13.0. The number of rotatable bonds is 4. The molecule has 2 nitrogen and oxygen atoms in total. The Morgan fingerprint density at radius 1 is 1.17 bits per heavy atom. The highest BCUT2D eigenvalue weighted by Crippen LogP contribution is 2.23. The molecule has 2 aromatic rings. The standard InChI is InChI=1S/C13H15F3N2/c1-7(2)5-17-6-8-3-9-11(18-8)4-10(14)13(16)12(9)15/h3-4,7,17-18H,5-6H2,1-2H3. The maximum absolute atomic E-state index is 13.5. The molecule has 0 aliphatic rings. The van der Waals surface area contributed by atoms with Gasteiger partial charge in [0.15, 0.2) is 17.5 Å². The van der Waals surface area contributed by atoms with Gasteiger partial charge in [-0.2, -0.15) is 0 Å². The van der Waals surface area contributed by atoms with Crippen molar-refractivity contribution in [1.82, 2.24) is 10.3 Å². The SMILES string of the molecule is CC(C)CNCc1cc2c(F)c(F)c(F)cc2[nH]1. The summed E-state index contributed by atoms with van der Waals surface area (Å²) in [6, 6.07) is 2.47. The Kier molecular flexibility index (Phi) is 3.61. The summed E-state index contributed by atoms with van der Waals surface area (Å²) in [4.78, 5) is 2.87. The second-order valence-electron chi connectivity index (χ2n) is 4.77. The maximum atomic E-state index is 13.5. The van der Waals surface area contributed by atoms with E-state index in [4.69, 9.17) is 0 Å². The predicted octanol–water partition coefficient (Wildman–Crippen LogP) is 3.33. The van der Waals surface area contributed by atoms with Gasteiger partial charge >= 0.3 is 0 Å². The van der Waals surface area contributed by atoms with Crippen molar-refractivity contribution in [3.05, 3.63) is 35.3 Å². The van der Waals surface area contributed by atoms with Gasteiger partial charge in [0.1, 0.15) is 0 Å². The van der Waals surface area contributed by atoms with E-state index in [1.807, 2.05) is 0 Å². The van der Waals surface area contributed by atoms with Crippen LogP contribution in [0.2, 0.25) is 0 Å². The molecule has 0 spiro atoms. The molecule has 0 amide bonds. The van der Waals surface area contributed by atoms with Gasteiger partial charge < -0.3 is 10.3 Å². The number of nitrogens with one attached hydrogen (secondary N) is 2. The minimum Gasteiger partial charge on any atom is -0.357 e. The smallest absolute Gasteiger partial charge is 0.195 e. The van der Waals surface area contributed by atoms with Crippen molar-refractivity contribution >= 4 is 10.9 Å². The van der Waals surface area contributed by atoms with E-state index in [-0.39, 0.29) is 10.9 Å². The monoisotopic (exact) mass is 256 g/mol. The molecule has 5 heteroatoms. The van der Waals surface area contributed by atoms with Crippen molar-refractivity contribution in [1.29, 1.82) is 0 Å². The summed E-state index contributed by atoms with van der Waals surface area (Å²) in [5, 5.41) is 3.25. The van der Waals surface area contributed by atoms with E-state index in [2.05, 4.69) is 24.1 Å². The number of hydrogen-bond acceptors (Lipinski definition) is 1. The van der Waals surface area contributed by atoms with E-state index in [1.54, 1.807) is 0 Å². The van der Waals surface area contributed by atoms with Crippen LogP contribution in [0.5, 0.6) is 0 Å². The van der Waals surface area contributed by atoms with Gasteiger partial charge in [0.2, 0.25) is 0 Å². The molecule has 1 aromatic heterocycles. The Morgan fingerprint density at radius 2 is 1.89 bits per heavy atom. The van der Waals surface area contributed by atoms with E-state index >= 15 is 0 Å². The molecule has 2 rings (SSSR count). The number of aromatic amines is 1. The molecule has 0 bridgehead atoms. The normalized spacial score (nSPS) is 11.7. The molecule has 98 valence electrons. The van der Waals surface area contributed by atoms with Crippen LogP contribution in [0.3, 0.4) is 0 Å². The van der Waals surface area contributed by atoms with E-state index in [0.29, 0.717) is 18.2 Å². The highest BCUT2D eigenvalue weighted by molar-refractivity contribution is 5.81. The van der Waals surface area contributed by atoms with Crippen LogP contribution in [0, 0.1) is 23.4 Å². The summed E-state index contributed by atoms with van der Waals surface area (Å²) in [6.45, 7) is 5.47. The molecular formula is C13H15F3N2. The lowest BCUT2D eigenvalue weighted by Gasteiger charge is -2.05. The number of fused-ring (bicyclic) bond motifs is 1. The Morgan fingerprint density at radius 3 is 2.56 bits per heavy atom. The first-order valence-electron chi connectivity index (χ1n) is 5.85. The lowest BCUT2D eigenvalue weighted by Crippen LogP contribution is -2.19. The second kappa shape index (κ2) is 5.02. The number of benzene rings is 1. The highest BCUT2D eigenvalue weighted by atomic mass is 19.2. The van der Waals surface area contributed by atoms with Crippen LogP contribution < -0.4 is 5.32 Å². The van der Waals surface area contributed by atoms with Gasteiger partial charge in [0, 0.05) is 23.7 Å². The summed E-state index contributed by atoms with van der Waals surface area (Å²) in [5.74, 6) is -3.25. The molecule has 0 aliphatic carbocycles. The number of H-pyrrole nitrogens is 1. The van der Waals surface area contributed by atoms with E-state index in [9.17, 15) is 13.2 Å². The van der Waals surface area contributed by atoms with Crippen LogP contribution >= 0.6 is 0 Å². The minimum atomic E-state index is -1.43. The van der Waals surface area contributed by atoms with Crippen LogP contribution in [0.15, 0.2) is 12.1 Å². The number of hydrogen-bond donors (Lipinski definition) is 2. The van der Waals surface area contributed by atoms with Gasteiger partial charge in [0.25, 0.3) is 0 Å². The van der Waals surface area contributed by atoms with Crippen molar-refractivity contribution in [3.8, 4) is 0 Å². The third kappa shape index (κ3) is 2.51. The third-order valence-electron chi connectivity index (χ3n) is 2.68. The average molecular weight is 256 g/mol. The Labute approximate surface area is 103 Å². The molecule has 0 saturated heterocycles. The predicted molar refractivity (Wildman–Crippen MR) is 64.7 cm³/mol. The fourth-order valence-electron chi connectivity index (χ4n) is 1.83. The summed E-state index contributed by atoms with van der Waals surface area (Å²) >= 11 is 0. The molecule has 1 aromatic carbocycles. The fraction of sp³-hybridized carbons (Fsp3) is 0.385. The zero-order valence-corrected chi connectivity index (χ0v) is 10.3. The van der Waals surface area contributed by atoms with E-state index in [0.717, 1.165) is 12.6 Å². The molecule has 0 radical (unpaired) electrons. The van der Waals surface area contributed by atoms with Gasteiger partial charge in [-0.1, -0.05) is 13.8 Å². The second-order valence-corrected chi connectivity index (χ2v) is 4.77. The molecule has 18 heavy (non-hydrogen) atoms. The van der Waals surface area contributed by atoms with Crippen molar-refractivity contribution < 1.29 is 13.2 Å². The quantitative estimate of drug-likeness (QED) is 0.807. The molecule has 1 heterocycles. The van der Waals surface area contributed by atoms with Crippen molar-refractivity contribution in [2.75, 3.05) is 6.54 Å². The van der Waals surface area contributed by atoms with Crippen LogP contribution in [0.25, 0.3) is 10.9 Å². The maximum Gasteiger partial charge on any atom is 0.195 e. The van der Waals surface area contributed by atoms with Crippen LogP contribution in [-0.2, 0) is 6.54 Å². The molecule has 0 fully saturated rings. The lowest BCUT2D eigenvalue weighted by atomic mass is 10.2. The van der Waals surface area contributed by atoms with E-state index < -0.39 is 17.5 Å². The molecule has 0 saturated carbocycles. The zero-order chi connectivity index (χ0) is 13.3. The molecule has 0 atom stereocenters. The summed E-state index contributed by atoms with van der Waals surface area (Å²) in [6.07, 6.45) is 0. The van der Waals surface area contributed by atoms with Gasteiger partial charge in [0.05, 0.1) is 5.52 Å². The van der Waals surface area contributed by atoms with Crippen molar-refractivity contribution in [2.24, 2.45) is 5.92 Å². The summed E-state index contributed by atoms with van der Waals surface area (Å²) < 4.78 is 39.5. The Bertz CT molecular complexity index is 561. The van der Waals surface area contributed by atoms with Crippen molar-refractivity contribution in [2.45, 2.75) is 20.4 Å². The first-order valence-corrected chi connectivity index (χ1v) is 5.85. The molecule has 0 unspecified atom stereocenters. The van der Waals surface area contributed by atoms with Crippen LogP contribution in [0.1, 0.15) is 19.5 Å². The average Bonchev–Trinajstić information content (AvgIpc) is 2.69. The first-order chi connectivity index (χ1) is 8.49. The van der Waals surface area contributed by atoms with Crippen LogP contribution in [-0.4, -0.2) is 11.5 Å². The molecular weight excluding hydrogens is 241 g/mol. The Hall–Kier alpha value is -1.49. The molecule has 2 N–H and O–H groups in total. The van der Waals surface area contributed by atoms with Gasteiger partial charge in [-0.3, -0.25) is 0 Å². The topological polar surface area (TPSA) is 27.8 Å². The largest absolute Gasteiger partial charge is 0.357 e. The zero-order valence-electron chi connectivity index (χ0n) is 10.3. The van der Waals surface area contributed by atoms with E-state index in [1.165, 1.54) is 6.07 Å². The number of aromatic nitrogens is 1. The fourth-order valence-corrected chi connectivity index (χ4v) is 1.83. The minimum absolute atomic E-state index is 0.0789. The van der Waals surface area contributed by atoms with Gasteiger partial charge in [-0.15, -0.1) is 0 Å². The van der Waals surface area contributed by atoms with Crippen LogP contribution in [0.4, 0.5) is 13.2 Å². The van der Waals surface area contributed by atoms with Gasteiger partial charge in [-0.25, -0.2) is 13.2 Å². The molecule has 0 aliphatic heterocycles. The summed E-state index contributed by atoms with van der Waals surface area (Å²) in [5.41, 5.74) is 0.974. The van der Waals surface area contributed by atoms with Gasteiger partial charge in [-0.05, 0) is 18.5 Å². The highest BCUT2D eigenvalue weighted by Gasteiger charge is 2.15. The third-order valence-corrected chi connectivity index (χ3v) is 2.68. The van der Waals surface area contributed by atoms with Crippen molar-refractivity contribution in [3.63, 3.8) is 0 Å². The number of halogens is 3. The Balaban J connectivity index is 2.25. The summed E-state index contributed by atoms with van der Waals surface area (Å²) in [7, 11) is 0. The lowest BCUT2D eigenvalue weighted by molar-refractivity contribution is 0.453.